The fourth-order valence-corrected chi connectivity index (χ4v) is 4.14. The Morgan fingerprint density at radius 2 is 1.71 bits per heavy atom. The van der Waals surface area contributed by atoms with Gasteiger partial charge >= 0.3 is 0 Å². The van der Waals surface area contributed by atoms with Crippen molar-refractivity contribution in [2.24, 2.45) is 0 Å². The van der Waals surface area contributed by atoms with Gasteiger partial charge in [-0.1, -0.05) is 54.6 Å². The van der Waals surface area contributed by atoms with Gasteiger partial charge in [-0.25, -0.2) is 4.98 Å². The zero-order chi connectivity index (χ0) is 19.2. The van der Waals surface area contributed by atoms with Gasteiger partial charge in [-0.15, -0.1) is 11.3 Å². The molecular weight excluding hydrogens is 364 g/mol. The maximum absolute atomic E-state index is 4.31. The summed E-state index contributed by atoms with van der Waals surface area (Å²) in [6, 6.07) is 19.1. The molecule has 2 N–H and O–H groups in total. The zero-order valence-electron chi connectivity index (χ0n) is 16.0. The largest absolute Gasteiger partial charge is 0.313 e. The van der Waals surface area contributed by atoms with Crippen LogP contribution in [0.15, 0.2) is 66.3 Å². The third-order valence-electron chi connectivity index (χ3n) is 4.92. The molecule has 0 saturated heterocycles. The van der Waals surface area contributed by atoms with Crippen LogP contribution in [0.5, 0.6) is 0 Å². The second-order valence-electron chi connectivity index (χ2n) is 6.85. The molecule has 0 unspecified atom stereocenters. The Morgan fingerprint density at radius 1 is 0.964 bits per heavy atom. The molecule has 5 heteroatoms. The van der Waals surface area contributed by atoms with E-state index in [-0.39, 0.29) is 0 Å². The van der Waals surface area contributed by atoms with Gasteiger partial charge < -0.3 is 5.32 Å². The summed E-state index contributed by atoms with van der Waals surface area (Å²) in [7, 11) is 0. The van der Waals surface area contributed by atoms with Gasteiger partial charge in [0.25, 0.3) is 0 Å². The first-order chi connectivity index (χ1) is 13.8. The Labute approximate surface area is 169 Å². The van der Waals surface area contributed by atoms with Crippen LogP contribution in [0.3, 0.4) is 0 Å². The van der Waals surface area contributed by atoms with Crippen LogP contribution in [-0.2, 0) is 13.0 Å². The molecule has 0 amide bonds. The first-order valence-electron chi connectivity index (χ1n) is 9.59. The van der Waals surface area contributed by atoms with Crippen molar-refractivity contribution >= 4 is 11.3 Å². The average Bonchev–Trinajstić information content (AvgIpc) is 3.37. The number of benzene rings is 2. The SMILES string of the molecule is Cc1ncsc1CCCNCc1cn[nH]c1-c1ccc(-c2ccccc2)cc1. The third kappa shape index (κ3) is 4.38. The summed E-state index contributed by atoms with van der Waals surface area (Å²) in [4.78, 5) is 5.71. The van der Waals surface area contributed by atoms with E-state index in [9.17, 15) is 0 Å². The number of nitrogens with zero attached hydrogens (tertiary/aromatic N) is 2. The molecule has 0 spiro atoms. The molecule has 4 nitrogen and oxygen atoms in total. The molecule has 0 aliphatic heterocycles. The van der Waals surface area contributed by atoms with Crippen LogP contribution in [0.25, 0.3) is 22.4 Å². The number of aryl methyl sites for hydroxylation is 2. The summed E-state index contributed by atoms with van der Waals surface area (Å²) in [6.45, 7) is 3.88. The number of aromatic amines is 1. The number of nitrogens with one attached hydrogen (secondary N) is 2. The second kappa shape index (κ2) is 8.95. The molecule has 0 aliphatic rings. The summed E-state index contributed by atoms with van der Waals surface area (Å²) < 4.78 is 0. The summed E-state index contributed by atoms with van der Waals surface area (Å²) in [6.07, 6.45) is 4.12. The van der Waals surface area contributed by atoms with Gasteiger partial charge in [0.05, 0.1) is 23.1 Å². The lowest BCUT2D eigenvalue weighted by Crippen LogP contribution is -2.15. The van der Waals surface area contributed by atoms with E-state index in [2.05, 4.69) is 76.0 Å². The molecule has 28 heavy (non-hydrogen) atoms. The van der Waals surface area contributed by atoms with Crippen molar-refractivity contribution in [1.82, 2.24) is 20.5 Å². The second-order valence-corrected chi connectivity index (χ2v) is 7.79. The summed E-state index contributed by atoms with van der Waals surface area (Å²) in [5.74, 6) is 0. The fourth-order valence-electron chi connectivity index (χ4n) is 3.32. The number of thiazole rings is 1. The highest BCUT2D eigenvalue weighted by atomic mass is 32.1. The standard InChI is InChI=1S/C23H24N4S/c1-17-22(28-16-25-17)8-5-13-24-14-21-15-26-27-23(21)20-11-9-19(10-12-20)18-6-3-2-4-7-18/h2-4,6-7,9-12,15-16,24H,5,8,13-14H2,1H3,(H,26,27). The van der Waals surface area contributed by atoms with E-state index in [1.807, 2.05) is 17.8 Å². The van der Waals surface area contributed by atoms with Crippen LogP contribution >= 0.6 is 11.3 Å². The summed E-state index contributed by atoms with van der Waals surface area (Å²) in [5.41, 5.74) is 9.00. The van der Waals surface area contributed by atoms with Crippen molar-refractivity contribution in [2.75, 3.05) is 6.54 Å². The van der Waals surface area contributed by atoms with Crippen molar-refractivity contribution in [3.05, 3.63) is 82.4 Å². The molecule has 0 atom stereocenters. The van der Waals surface area contributed by atoms with E-state index in [1.54, 1.807) is 11.3 Å². The normalized spacial score (nSPS) is 11.0. The minimum absolute atomic E-state index is 0.813. The van der Waals surface area contributed by atoms with Crippen molar-refractivity contribution in [3.63, 3.8) is 0 Å². The molecular formula is C23H24N4S. The van der Waals surface area contributed by atoms with E-state index < -0.39 is 0 Å². The Hall–Kier alpha value is -2.76. The Kier molecular flexibility index (Phi) is 5.95. The van der Waals surface area contributed by atoms with Gasteiger partial charge in [0.1, 0.15) is 0 Å². The Morgan fingerprint density at radius 3 is 2.46 bits per heavy atom. The van der Waals surface area contributed by atoms with Crippen molar-refractivity contribution in [3.8, 4) is 22.4 Å². The first-order valence-corrected chi connectivity index (χ1v) is 10.5. The van der Waals surface area contributed by atoms with Gasteiger partial charge in [0, 0.05) is 17.0 Å². The highest BCUT2D eigenvalue weighted by Gasteiger charge is 2.08. The number of aromatic nitrogens is 3. The highest BCUT2D eigenvalue weighted by molar-refractivity contribution is 7.09. The summed E-state index contributed by atoms with van der Waals surface area (Å²) in [5, 5.41) is 11.0. The Balaban J connectivity index is 1.34. The number of hydrogen-bond acceptors (Lipinski definition) is 4. The monoisotopic (exact) mass is 388 g/mol. The maximum atomic E-state index is 4.31. The summed E-state index contributed by atoms with van der Waals surface area (Å²) >= 11 is 1.75. The van der Waals surface area contributed by atoms with Crippen LogP contribution in [0.1, 0.15) is 22.6 Å². The van der Waals surface area contributed by atoms with E-state index in [0.29, 0.717) is 0 Å². The van der Waals surface area contributed by atoms with Gasteiger partial charge in [-0.3, -0.25) is 5.10 Å². The van der Waals surface area contributed by atoms with Crippen LogP contribution in [0, 0.1) is 6.92 Å². The Bertz CT molecular complexity index is 1000. The molecule has 0 bridgehead atoms. The molecule has 4 aromatic rings. The number of H-pyrrole nitrogens is 1. The molecule has 2 heterocycles. The molecule has 0 fully saturated rings. The lowest BCUT2D eigenvalue weighted by atomic mass is 10.0. The molecule has 2 aromatic carbocycles. The maximum Gasteiger partial charge on any atom is 0.0797 e. The fraction of sp³-hybridized carbons (Fsp3) is 0.217. The van der Waals surface area contributed by atoms with E-state index in [1.165, 1.54) is 27.3 Å². The molecule has 0 saturated carbocycles. The van der Waals surface area contributed by atoms with Crippen LogP contribution in [0.4, 0.5) is 0 Å². The molecule has 142 valence electrons. The topological polar surface area (TPSA) is 53.6 Å². The highest BCUT2D eigenvalue weighted by Crippen LogP contribution is 2.25. The van der Waals surface area contributed by atoms with E-state index in [0.717, 1.165) is 37.2 Å². The van der Waals surface area contributed by atoms with Crippen molar-refractivity contribution in [2.45, 2.75) is 26.3 Å². The minimum Gasteiger partial charge on any atom is -0.313 e. The molecule has 0 radical (unpaired) electrons. The lowest BCUT2D eigenvalue weighted by Gasteiger charge is -2.07. The molecule has 0 aliphatic carbocycles. The molecule has 2 aromatic heterocycles. The number of rotatable bonds is 8. The average molecular weight is 389 g/mol. The van der Waals surface area contributed by atoms with E-state index in [4.69, 9.17) is 0 Å². The predicted molar refractivity (Wildman–Crippen MR) is 116 cm³/mol. The smallest absolute Gasteiger partial charge is 0.0797 e. The quantitative estimate of drug-likeness (QED) is 0.406. The first kappa shape index (κ1) is 18.6. The van der Waals surface area contributed by atoms with Gasteiger partial charge in [0.15, 0.2) is 0 Å². The van der Waals surface area contributed by atoms with Crippen molar-refractivity contribution in [1.29, 1.82) is 0 Å². The van der Waals surface area contributed by atoms with Crippen molar-refractivity contribution < 1.29 is 0 Å². The van der Waals surface area contributed by atoms with Crippen LogP contribution in [0.2, 0.25) is 0 Å². The van der Waals surface area contributed by atoms with E-state index >= 15 is 0 Å². The lowest BCUT2D eigenvalue weighted by molar-refractivity contribution is 0.651. The predicted octanol–water partition coefficient (Wildman–Crippen LogP) is 5.23. The minimum atomic E-state index is 0.813. The zero-order valence-corrected chi connectivity index (χ0v) is 16.8. The van der Waals surface area contributed by atoms with Crippen LogP contribution in [-0.4, -0.2) is 21.7 Å². The number of hydrogen-bond donors (Lipinski definition) is 2. The third-order valence-corrected chi connectivity index (χ3v) is 5.91. The van der Waals surface area contributed by atoms with Gasteiger partial charge in [-0.05, 0) is 43.0 Å². The van der Waals surface area contributed by atoms with Gasteiger partial charge in [-0.2, -0.15) is 5.10 Å². The molecule has 4 rings (SSSR count). The van der Waals surface area contributed by atoms with Gasteiger partial charge in [0.2, 0.25) is 0 Å². The van der Waals surface area contributed by atoms with Crippen LogP contribution < -0.4 is 5.32 Å².